The second-order valence-electron chi connectivity index (χ2n) is 7.69. The second kappa shape index (κ2) is 8.51. The van der Waals surface area contributed by atoms with Crippen molar-refractivity contribution in [3.05, 3.63) is 71.1 Å². The second-order valence-corrected chi connectivity index (χ2v) is 7.69. The summed E-state index contributed by atoms with van der Waals surface area (Å²) in [4.78, 5) is 21.4. The number of hydrogen-bond acceptors (Lipinski definition) is 7. The van der Waals surface area contributed by atoms with Gasteiger partial charge in [-0.25, -0.2) is 9.97 Å². The summed E-state index contributed by atoms with van der Waals surface area (Å²) in [6.07, 6.45) is 1.78. The highest BCUT2D eigenvalue weighted by Gasteiger charge is 2.17. The number of nitrogens with one attached hydrogen (secondary N) is 1. The summed E-state index contributed by atoms with van der Waals surface area (Å²) < 4.78 is 10.4. The third-order valence-corrected chi connectivity index (χ3v) is 4.75. The molecule has 31 heavy (non-hydrogen) atoms. The molecule has 3 aromatic heterocycles. The van der Waals surface area contributed by atoms with Crippen molar-refractivity contribution in [3.8, 4) is 22.6 Å². The molecule has 0 aliphatic heterocycles. The van der Waals surface area contributed by atoms with Gasteiger partial charge in [0.1, 0.15) is 5.82 Å². The van der Waals surface area contributed by atoms with E-state index in [9.17, 15) is 4.79 Å². The van der Waals surface area contributed by atoms with Gasteiger partial charge in [0, 0.05) is 36.4 Å². The number of amides is 1. The summed E-state index contributed by atoms with van der Waals surface area (Å²) in [7, 11) is 0. The van der Waals surface area contributed by atoms with Crippen LogP contribution in [0.2, 0.25) is 0 Å². The minimum atomic E-state index is -0.301. The number of hydrogen-bond donors (Lipinski definition) is 1. The summed E-state index contributed by atoms with van der Waals surface area (Å²) in [5.41, 5.74) is 4.90. The van der Waals surface area contributed by atoms with E-state index in [0.29, 0.717) is 18.0 Å². The Kier molecular flexibility index (Phi) is 5.62. The van der Waals surface area contributed by atoms with E-state index < -0.39 is 0 Å². The number of aryl methyl sites for hydroxylation is 2. The molecule has 4 aromatic rings. The molecule has 0 atom stereocenters. The highest BCUT2D eigenvalue weighted by atomic mass is 16.5. The molecule has 3 heterocycles. The fraction of sp³-hybridized carbons (Fsp3) is 0.261. The lowest BCUT2D eigenvalue weighted by molar-refractivity contribution is 0.0914. The first kappa shape index (κ1) is 20.5. The minimum absolute atomic E-state index is 0.193. The first-order chi connectivity index (χ1) is 14.9. The van der Waals surface area contributed by atoms with E-state index in [1.54, 1.807) is 19.2 Å². The molecule has 0 fully saturated rings. The molecule has 1 N–H and O–H groups in total. The first-order valence-corrected chi connectivity index (χ1v) is 10.0. The highest BCUT2D eigenvalue weighted by molar-refractivity contribution is 5.91. The van der Waals surface area contributed by atoms with E-state index in [-0.39, 0.29) is 17.6 Å². The van der Waals surface area contributed by atoms with Crippen LogP contribution in [0, 0.1) is 13.8 Å². The Labute approximate surface area is 179 Å². The van der Waals surface area contributed by atoms with Crippen molar-refractivity contribution in [3.63, 3.8) is 0 Å². The Bertz CT molecular complexity index is 1210. The molecule has 0 bridgehead atoms. The van der Waals surface area contributed by atoms with E-state index in [2.05, 4.69) is 34.5 Å². The van der Waals surface area contributed by atoms with E-state index in [0.717, 1.165) is 33.9 Å². The Morgan fingerprint density at radius 1 is 1.03 bits per heavy atom. The zero-order chi connectivity index (χ0) is 22.0. The zero-order valence-corrected chi connectivity index (χ0v) is 17.8. The van der Waals surface area contributed by atoms with Gasteiger partial charge in [0.05, 0.1) is 22.6 Å². The van der Waals surface area contributed by atoms with Crippen molar-refractivity contribution in [2.24, 2.45) is 0 Å². The average molecular weight is 417 g/mol. The number of carbonyl (C=O) groups is 1. The first-order valence-electron chi connectivity index (χ1n) is 10.0. The Hall–Kier alpha value is -3.81. The van der Waals surface area contributed by atoms with Crippen molar-refractivity contribution in [1.29, 1.82) is 0 Å². The lowest BCUT2D eigenvalue weighted by Crippen LogP contribution is -2.22. The zero-order valence-electron chi connectivity index (χ0n) is 17.8. The molecule has 4 rings (SSSR count). The maximum absolute atomic E-state index is 12.1. The van der Waals surface area contributed by atoms with Crippen LogP contribution in [-0.2, 0) is 6.54 Å². The third-order valence-electron chi connectivity index (χ3n) is 4.75. The lowest BCUT2D eigenvalue weighted by atomic mass is 10.0. The van der Waals surface area contributed by atoms with Gasteiger partial charge in [-0.1, -0.05) is 48.4 Å². The van der Waals surface area contributed by atoms with Crippen molar-refractivity contribution in [1.82, 2.24) is 25.6 Å². The van der Waals surface area contributed by atoms with E-state index in [4.69, 9.17) is 14.0 Å². The van der Waals surface area contributed by atoms with Crippen LogP contribution in [0.4, 0.5) is 0 Å². The van der Waals surface area contributed by atoms with Gasteiger partial charge >= 0.3 is 0 Å². The van der Waals surface area contributed by atoms with Gasteiger partial charge in [-0.05, 0) is 19.4 Å². The van der Waals surface area contributed by atoms with Crippen molar-refractivity contribution in [2.75, 3.05) is 0 Å². The Morgan fingerprint density at radius 3 is 2.35 bits per heavy atom. The van der Waals surface area contributed by atoms with Crippen LogP contribution >= 0.6 is 0 Å². The summed E-state index contributed by atoms with van der Waals surface area (Å²) >= 11 is 0. The summed E-state index contributed by atoms with van der Waals surface area (Å²) in [6.45, 7) is 8.12. The molecular formula is C23H23N5O3. The van der Waals surface area contributed by atoms with Crippen molar-refractivity contribution >= 4 is 5.91 Å². The largest absolute Gasteiger partial charge is 0.356 e. The van der Waals surface area contributed by atoms with E-state index >= 15 is 0 Å². The van der Waals surface area contributed by atoms with Crippen LogP contribution in [0.5, 0.6) is 0 Å². The maximum atomic E-state index is 12.1. The Balaban J connectivity index is 1.58. The average Bonchev–Trinajstić information content (AvgIpc) is 3.40. The molecule has 0 saturated carbocycles. The summed E-state index contributed by atoms with van der Waals surface area (Å²) in [6, 6.07) is 11.3. The predicted octanol–water partition coefficient (Wildman–Crippen LogP) is 4.46. The quantitative estimate of drug-likeness (QED) is 0.493. The molecule has 0 radical (unpaired) electrons. The van der Waals surface area contributed by atoms with Crippen LogP contribution in [0.15, 0.2) is 51.6 Å². The standard InChI is InChI=1S/C23H23N5O3/c1-13(2)22-24-12-18(19-9-14(3)27-30-19)21(26-22)17-7-5-16(6-8-17)11-25-23(29)20-10-15(4)28-31-20/h5-10,12-13H,11H2,1-4H3,(H,25,29). The van der Waals surface area contributed by atoms with E-state index in [1.165, 1.54) is 0 Å². The molecule has 0 aliphatic carbocycles. The lowest BCUT2D eigenvalue weighted by Gasteiger charge is -2.11. The fourth-order valence-electron chi connectivity index (χ4n) is 3.09. The van der Waals surface area contributed by atoms with Gasteiger partial charge in [-0.2, -0.15) is 0 Å². The SMILES string of the molecule is Cc1cc(C(=O)NCc2ccc(-c3nc(C(C)C)ncc3-c3cc(C)no3)cc2)on1. The topological polar surface area (TPSA) is 107 Å². The molecule has 8 heteroatoms. The number of aromatic nitrogens is 4. The number of nitrogens with zero attached hydrogens (tertiary/aromatic N) is 4. The molecule has 0 aliphatic rings. The van der Waals surface area contributed by atoms with Crippen LogP contribution in [0.1, 0.15) is 53.1 Å². The molecule has 1 amide bonds. The van der Waals surface area contributed by atoms with Crippen LogP contribution in [0.3, 0.4) is 0 Å². The number of carbonyl (C=O) groups excluding carboxylic acids is 1. The van der Waals surface area contributed by atoms with Crippen LogP contribution < -0.4 is 5.32 Å². The summed E-state index contributed by atoms with van der Waals surface area (Å²) in [5, 5.41) is 10.5. The predicted molar refractivity (Wildman–Crippen MR) is 114 cm³/mol. The Morgan fingerprint density at radius 2 is 1.74 bits per heavy atom. The van der Waals surface area contributed by atoms with Crippen molar-refractivity contribution in [2.45, 2.75) is 40.2 Å². The number of benzene rings is 1. The highest BCUT2D eigenvalue weighted by Crippen LogP contribution is 2.31. The number of rotatable bonds is 6. The smallest absolute Gasteiger partial charge is 0.290 e. The van der Waals surface area contributed by atoms with Gasteiger partial charge < -0.3 is 14.4 Å². The van der Waals surface area contributed by atoms with Crippen molar-refractivity contribution < 1.29 is 13.8 Å². The molecule has 8 nitrogen and oxygen atoms in total. The fourth-order valence-corrected chi connectivity index (χ4v) is 3.09. The van der Waals surface area contributed by atoms with Gasteiger partial charge in [-0.3, -0.25) is 4.79 Å². The monoisotopic (exact) mass is 417 g/mol. The minimum Gasteiger partial charge on any atom is -0.356 e. The molecule has 0 saturated heterocycles. The molecule has 158 valence electrons. The van der Waals surface area contributed by atoms with Gasteiger partial charge in [-0.15, -0.1) is 0 Å². The molecule has 0 unspecified atom stereocenters. The molecular weight excluding hydrogens is 394 g/mol. The molecule has 0 spiro atoms. The maximum Gasteiger partial charge on any atom is 0.290 e. The summed E-state index contributed by atoms with van der Waals surface area (Å²) in [5.74, 6) is 1.47. The van der Waals surface area contributed by atoms with Gasteiger partial charge in [0.15, 0.2) is 5.76 Å². The molecule has 1 aromatic carbocycles. The van der Waals surface area contributed by atoms with Crippen LogP contribution in [-0.4, -0.2) is 26.2 Å². The van der Waals surface area contributed by atoms with Crippen LogP contribution in [0.25, 0.3) is 22.6 Å². The third kappa shape index (κ3) is 4.53. The van der Waals surface area contributed by atoms with Gasteiger partial charge in [0.25, 0.3) is 5.91 Å². The normalized spacial score (nSPS) is 11.1. The van der Waals surface area contributed by atoms with E-state index in [1.807, 2.05) is 37.3 Å². The van der Waals surface area contributed by atoms with Gasteiger partial charge in [0.2, 0.25) is 5.76 Å².